The van der Waals surface area contributed by atoms with Gasteiger partial charge < -0.3 is 20.2 Å². The summed E-state index contributed by atoms with van der Waals surface area (Å²) in [4.78, 5) is 28.8. The monoisotopic (exact) mass is 467 g/mol. The molecular formula is C23H31Cl2N3O3. The molecule has 8 heteroatoms. The van der Waals surface area contributed by atoms with Crippen LogP contribution in [0, 0.1) is 0 Å². The number of aliphatic hydroxyl groups is 1. The van der Waals surface area contributed by atoms with E-state index >= 15 is 0 Å². The van der Waals surface area contributed by atoms with E-state index in [-0.39, 0.29) is 24.0 Å². The Kier molecular flexibility index (Phi) is 8.78. The summed E-state index contributed by atoms with van der Waals surface area (Å²) in [7, 11) is 0. The molecule has 2 N–H and O–H groups in total. The van der Waals surface area contributed by atoms with Gasteiger partial charge in [-0.2, -0.15) is 0 Å². The molecule has 1 aromatic rings. The van der Waals surface area contributed by atoms with E-state index < -0.39 is 0 Å². The van der Waals surface area contributed by atoms with Crippen molar-refractivity contribution >= 4 is 41.1 Å². The molecule has 2 amide bonds. The minimum Gasteiger partial charge on any atom is -0.393 e. The van der Waals surface area contributed by atoms with Gasteiger partial charge in [0, 0.05) is 50.8 Å². The molecule has 0 aromatic heterocycles. The molecule has 170 valence electrons. The average molecular weight is 468 g/mol. The Labute approximate surface area is 194 Å². The standard InChI is InChI=1S/C23H31Cl2N3O3/c1-16(26-18-4-6-19(29)7-5-18)15-28-13-12-27(11-10-23(28)31)22(30)9-3-17-2-8-20(24)21(25)14-17/h2-3,8-9,14,16,18-19,26,29H,4-7,10-13,15H2,1H3/b9-3+. The third-order valence-corrected chi connectivity index (χ3v) is 6.71. The average Bonchev–Trinajstić information content (AvgIpc) is 2.92. The van der Waals surface area contributed by atoms with E-state index in [0.29, 0.717) is 48.7 Å². The highest BCUT2D eigenvalue weighted by Gasteiger charge is 2.26. The maximum absolute atomic E-state index is 12.6. The number of aliphatic hydroxyl groups excluding tert-OH is 1. The molecule has 1 aliphatic heterocycles. The normalized spacial score (nSPS) is 23.8. The van der Waals surface area contributed by atoms with Crippen LogP contribution in [0.3, 0.4) is 0 Å². The van der Waals surface area contributed by atoms with Crippen LogP contribution < -0.4 is 5.32 Å². The Morgan fingerprint density at radius 2 is 1.94 bits per heavy atom. The predicted octanol–water partition coefficient (Wildman–Crippen LogP) is 3.35. The quantitative estimate of drug-likeness (QED) is 0.629. The zero-order valence-electron chi connectivity index (χ0n) is 17.9. The number of carbonyl (C=O) groups is 2. The minimum atomic E-state index is -0.171. The zero-order chi connectivity index (χ0) is 22.4. The summed E-state index contributed by atoms with van der Waals surface area (Å²) < 4.78 is 0. The summed E-state index contributed by atoms with van der Waals surface area (Å²) in [6, 6.07) is 5.77. The molecule has 3 rings (SSSR count). The molecule has 1 aromatic carbocycles. The largest absolute Gasteiger partial charge is 0.393 e. The third-order valence-electron chi connectivity index (χ3n) is 5.97. The maximum Gasteiger partial charge on any atom is 0.246 e. The van der Waals surface area contributed by atoms with Crippen LogP contribution in [-0.4, -0.2) is 71.1 Å². The van der Waals surface area contributed by atoms with Crippen LogP contribution in [0.2, 0.25) is 10.0 Å². The first-order chi connectivity index (χ1) is 14.8. The van der Waals surface area contributed by atoms with Crippen LogP contribution in [0.15, 0.2) is 24.3 Å². The van der Waals surface area contributed by atoms with Gasteiger partial charge in [0.25, 0.3) is 0 Å². The topological polar surface area (TPSA) is 72.9 Å². The van der Waals surface area contributed by atoms with E-state index in [2.05, 4.69) is 12.2 Å². The van der Waals surface area contributed by atoms with Crippen LogP contribution >= 0.6 is 23.2 Å². The van der Waals surface area contributed by atoms with Crippen molar-refractivity contribution in [1.82, 2.24) is 15.1 Å². The van der Waals surface area contributed by atoms with Crippen molar-refractivity contribution in [3.63, 3.8) is 0 Å². The number of hydrogen-bond acceptors (Lipinski definition) is 4. The highest BCUT2D eigenvalue weighted by atomic mass is 35.5. The zero-order valence-corrected chi connectivity index (χ0v) is 19.4. The lowest BCUT2D eigenvalue weighted by molar-refractivity contribution is -0.130. The number of halogens is 2. The van der Waals surface area contributed by atoms with Gasteiger partial charge in [-0.15, -0.1) is 0 Å². The van der Waals surface area contributed by atoms with Crippen LogP contribution in [-0.2, 0) is 9.59 Å². The van der Waals surface area contributed by atoms with Crippen LogP contribution in [0.5, 0.6) is 0 Å². The molecule has 6 nitrogen and oxygen atoms in total. The Hall–Kier alpha value is -1.60. The van der Waals surface area contributed by atoms with Crippen molar-refractivity contribution < 1.29 is 14.7 Å². The van der Waals surface area contributed by atoms with E-state index in [1.807, 2.05) is 4.90 Å². The number of carbonyl (C=O) groups excluding carboxylic acids is 2. The van der Waals surface area contributed by atoms with E-state index in [9.17, 15) is 14.7 Å². The van der Waals surface area contributed by atoms with Crippen LogP contribution in [0.25, 0.3) is 6.08 Å². The Balaban J connectivity index is 1.49. The minimum absolute atomic E-state index is 0.0801. The number of benzene rings is 1. The first kappa shape index (κ1) is 24.1. The fourth-order valence-electron chi connectivity index (χ4n) is 4.20. The number of nitrogens with one attached hydrogen (secondary N) is 1. The first-order valence-electron chi connectivity index (χ1n) is 11.0. The molecule has 2 fully saturated rings. The molecule has 2 aliphatic rings. The summed E-state index contributed by atoms with van der Waals surface area (Å²) in [5.74, 6) is -0.0378. The Morgan fingerprint density at radius 1 is 1.19 bits per heavy atom. The molecule has 1 saturated heterocycles. The number of amides is 2. The molecular weight excluding hydrogens is 437 g/mol. The van der Waals surface area contributed by atoms with E-state index in [1.165, 1.54) is 6.08 Å². The third kappa shape index (κ3) is 7.21. The van der Waals surface area contributed by atoms with E-state index in [0.717, 1.165) is 31.2 Å². The molecule has 1 atom stereocenters. The molecule has 1 aliphatic carbocycles. The predicted molar refractivity (Wildman–Crippen MR) is 124 cm³/mol. The Bertz CT molecular complexity index is 809. The lowest BCUT2D eigenvalue weighted by Crippen LogP contribution is -2.47. The van der Waals surface area contributed by atoms with Crippen molar-refractivity contribution in [2.45, 2.75) is 57.2 Å². The fraction of sp³-hybridized carbons (Fsp3) is 0.565. The van der Waals surface area contributed by atoms with Crippen molar-refractivity contribution in [1.29, 1.82) is 0 Å². The van der Waals surface area contributed by atoms with Crippen LogP contribution in [0.1, 0.15) is 44.6 Å². The van der Waals surface area contributed by atoms with Crippen LogP contribution in [0.4, 0.5) is 0 Å². The maximum atomic E-state index is 12.6. The SMILES string of the molecule is CC(CN1CCN(C(=O)/C=C/c2ccc(Cl)c(Cl)c2)CCC1=O)NC1CCC(O)CC1. The highest BCUT2D eigenvalue weighted by molar-refractivity contribution is 6.42. The van der Waals surface area contributed by atoms with Gasteiger partial charge >= 0.3 is 0 Å². The van der Waals surface area contributed by atoms with Gasteiger partial charge in [0.15, 0.2) is 0 Å². The van der Waals surface area contributed by atoms with Gasteiger partial charge in [0.1, 0.15) is 0 Å². The van der Waals surface area contributed by atoms with Gasteiger partial charge in [-0.05, 0) is 56.4 Å². The van der Waals surface area contributed by atoms with E-state index in [4.69, 9.17) is 23.2 Å². The number of hydrogen-bond donors (Lipinski definition) is 2. The summed E-state index contributed by atoms with van der Waals surface area (Å²) in [5, 5.41) is 14.2. The van der Waals surface area contributed by atoms with Gasteiger partial charge in [0.2, 0.25) is 11.8 Å². The molecule has 1 heterocycles. The van der Waals surface area contributed by atoms with Crippen molar-refractivity contribution in [3.8, 4) is 0 Å². The van der Waals surface area contributed by atoms with Crippen molar-refractivity contribution in [3.05, 3.63) is 39.9 Å². The van der Waals surface area contributed by atoms with Crippen molar-refractivity contribution in [2.24, 2.45) is 0 Å². The summed E-state index contributed by atoms with van der Waals surface area (Å²) in [6.07, 6.45) is 6.98. The van der Waals surface area contributed by atoms with Gasteiger partial charge in [-0.1, -0.05) is 29.3 Å². The second-order valence-electron chi connectivity index (χ2n) is 8.50. The lowest BCUT2D eigenvalue weighted by Gasteiger charge is -2.31. The molecule has 31 heavy (non-hydrogen) atoms. The molecule has 1 unspecified atom stereocenters. The summed E-state index contributed by atoms with van der Waals surface area (Å²) in [5.41, 5.74) is 0.797. The lowest BCUT2D eigenvalue weighted by atomic mass is 9.92. The molecule has 0 bridgehead atoms. The second kappa shape index (κ2) is 11.3. The second-order valence-corrected chi connectivity index (χ2v) is 9.31. The van der Waals surface area contributed by atoms with E-state index in [1.54, 1.807) is 29.2 Å². The first-order valence-corrected chi connectivity index (χ1v) is 11.7. The smallest absolute Gasteiger partial charge is 0.246 e. The highest BCUT2D eigenvalue weighted by Crippen LogP contribution is 2.23. The number of nitrogens with zero attached hydrogens (tertiary/aromatic N) is 2. The number of rotatable bonds is 6. The molecule has 0 radical (unpaired) electrons. The van der Waals surface area contributed by atoms with Crippen molar-refractivity contribution in [2.75, 3.05) is 26.2 Å². The van der Waals surface area contributed by atoms with Gasteiger partial charge in [-0.3, -0.25) is 9.59 Å². The van der Waals surface area contributed by atoms with Gasteiger partial charge in [-0.25, -0.2) is 0 Å². The summed E-state index contributed by atoms with van der Waals surface area (Å²) in [6.45, 7) is 4.17. The molecule has 0 spiro atoms. The molecule has 1 saturated carbocycles. The fourth-order valence-corrected chi connectivity index (χ4v) is 4.50. The Morgan fingerprint density at radius 3 is 2.65 bits per heavy atom. The summed E-state index contributed by atoms with van der Waals surface area (Å²) >= 11 is 11.9. The van der Waals surface area contributed by atoms with Gasteiger partial charge in [0.05, 0.1) is 16.1 Å².